The van der Waals surface area contributed by atoms with Gasteiger partial charge in [-0.05, 0) is 30.7 Å². The van der Waals surface area contributed by atoms with Crippen LogP contribution in [-0.4, -0.2) is 28.3 Å². The number of aliphatic hydroxyl groups is 1. The van der Waals surface area contributed by atoms with Gasteiger partial charge in [0.2, 0.25) is 0 Å². The van der Waals surface area contributed by atoms with Crippen molar-refractivity contribution in [1.82, 2.24) is 0 Å². The predicted molar refractivity (Wildman–Crippen MR) is 77.2 cm³/mol. The molecule has 4 nitrogen and oxygen atoms in total. The maximum atomic E-state index is 11.3. The molecule has 1 saturated carbocycles. The molecular formula is C16H23NO3. The van der Waals surface area contributed by atoms with Crippen LogP contribution in [0.4, 0.5) is 0 Å². The summed E-state index contributed by atoms with van der Waals surface area (Å²) in [5.74, 6) is -1.49. The van der Waals surface area contributed by atoms with E-state index in [0.29, 0.717) is 12.8 Å². The van der Waals surface area contributed by atoms with E-state index in [4.69, 9.17) is 5.73 Å². The SMILES string of the molecule is NC(Cc1ccccc1)C(O)C1CCCCC1C(=O)O. The molecular weight excluding hydrogens is 254 g/mol. The Bertz CT molecular complexity index is 435. The molecule has 0 saturated heterocycles. The van der Waals surface area contributed by atoms with Crippen LogP contribution in [0.1, 0.15) is 31.2 Å². The second-order valence-corrected chi connectivity index (χ2v) is 5.74. The van der Waals surface area contributed by atoms with E-state index in [2.05, 4.69) is 0 Å². The van der Waals surface area contributed by atoms with E-state index >= 15 is 0 Å². The molecule has 0 aromatic heterocycles. The first-order valence-corrected chi connectivity index (χ1v) is 7.30. The lowest BCUT2D eigenvalue weighted by Crippen LogP contribution is -2.46. The number of carboxylic acid groups (broad SMARTS) is 1. The molecule has 0 spiro atoms. The fraction of sp³-hybridized carbons (Fsp3) is 0.562. The molecule has 4 atom stereocenters. The molecule has 4 heteroatoms. The predicted octanol–water partition coefficient (Wildman–Crippen LogP) is 1.81. The fourth-order valence-electron chi connectivity index (χ4n) is 3.20. The number of hydrogen-bond acceptors (Lipinski definition) is 3. The lowest BCUT2D eigenvalue weighted by atomic mass is 9.74. The van der Waals surface area contributed by atoms with E-state index in [-0.39, 0.29) is 5.92 Å². The molecule has 4 unspecified atom stereocenters. The number of carbonyl (C=O) groups is 1. The van der Waals surface area contributed by atoms with Gasteiger partial charge in [0.05, 0.1) is 12.0 Å². The third-order valence-corrected chi connectivity index (χ3v) is 4.33. The van der Waals surface area contributed by atoms with Crippen LogP contribution < -0.4 is 5.73 Å². The molecule has 110 valence electrons. The van der Waals surface area contributed by atoms with Gasteiger partial charge in [-0.25, -0.2) is 0 Å². The normalized spacial score (nSPS) is 25.9. The standard InChI is InChI=1S/C16H23NO3/c17-14(10-11-6-2-1-3-7-11)15(18)12-8-4-5-9-13(12)16(19)20/h1-3,6-7,12-15,18H,4-5,8-10,17H2,(H,19,20). The van der Waals surface area contributed by atoms with Crippen LogP contribution in [0.5, 0.6) is 0 Å². The van der Waals surface area contributed by atoms with E-state index in [1.54, 1.807) is 0 Å². The molecule has 1 aromatic rings. The van der Waals surface area contributed by atoms with Crippen LogP contribution in [0.25, 0.3) is 0 Å². The number of nitrogens with two attached hydrogens (primary N) is 1. The first-order chi connectivity index (χ1) is 9.59. The summed E-state index contributed by atoms with van der Waals surface area (Å²) in [6.07, 6.45) is 3.12. The van der Waals surface area contributed by atoms with E-state index in [1.165, 1.54) is 0 Å². The Kier molecular flexibility index (Phi) is 5.15. The smallest absolute Gasteiger partial charge is 0.306 e. The monoisotopic (exact) mass is 277 g/mol. The second kappa shape index (κ2) is 6.86. The molecule has 0 bridgehead atoms. The lowest BCUT2D eigenvalue weighted by Gasteiger charge is -2.35. The highest BCUT2D eigenvalue weighted by molar-refractivity contribution is 5.70. The topological polar surface area (TPSA) is 83.5 Å². The summed E-state index contributed by atoms with van der Waals surface area (Å²) in [4.78, 5) is 11.3. The summed E-state index contributed by atoms with van der Waals surface area (Å²) >= 11 is 0. The summed E-state index contributed by atoms with van der Waals surface area (Å²) in [7, 11) is 0. The van der Waals surface area contributed by atoms with E-state index in [9.17, 15) is 15.0 Å². The quantitative estimate of drug-likeness (QED) is 0.766. The number of aliphatic carboxylic acids is 1. The molecule has 0 amide bonds. The number of rotatable bonds is 5. The van der Waals surface area contributed by atoms with Crippen molar-refractivity contribution < 1.29 is 15.0 Å². The zero-order valence-corrected chi connectivity index (χ0v) is 11.6. The highest BCUT2D eigenvalue weighted by atomic mass is 16.4. The van der Waals surface area contributed by atoms with Crippen molar-refractivity contribution in [3.8, 4) is 0 Å². The van der Waals surface area contributed by atoms with Crippen molar-refractivity contribution in [2.75, 3.05) is 0 Å². The lowest BCUT2D eigenvalue weighted by molar-refractivity contribution is -0.147. The van der Waals surface area contributed by atoms with Crippen LogP contribution in [-0.2, 0) is 11.2 Å². The summed E-state index contributed by atoms with van der Waals surface area (Å²) in [5, 5.41) is 19.7. The van der Waals surface area contributed by atoms with Gasteiger partial charge in [0.15, 0.2) is 0 Å². The minimum absolute atomic E-state index is 0.222. The van der Waals surface area contributed by atoms with E-state index < -0.39 is 24.0 Å². The van der Waals surface area contributed by atoms with Crippen LogP contribution in [0.15, 0.2) is 30.3 Å². The van der Waals surface area contributed by atoms with Gasteiger partial charge in [-0.3, -0.25) is 4.79 Å². The average Bonchev–Trinajstić information content (AvgIpc) is 2.47. The molecule has 1 aliphatic carbocycles. The molecule has 2 rings (SSSR count). The molecule has 0 heterocycles. The van der Waals surface area contributed by atoms with Gasteiger partial charge in [-0.1, -0.05) is 43.2 Å². The van der Waals surface area contributed by atoms with Crippen molar-refractivity contribution in [3.05, 3.63) is 35.9 Å². The van der Waals surface area contributed by atoms with Crippen LogP contribution in [0.3, 0.4) is 0 Å². The molecule has 1 fully saturated rings. The van der Waals surface area contributed by atoms with Crippen molar-refractivity contribution in [3.63, 3.8) is 0 Å². The molecule has 1 aliphatic rings. The maximum absolute atomic E-state index is 11.3. The third-order valence-electron chi connectivity index (χ3n) is 4.33. The van der Waals surface area contributed by atoms with E-state index in [0.717, 1.165) is 24.8 Å². The Morgan fingerprint density at radius 1 is 1.25 bits per heavy atom. The van der Waals surface area contributed by atoms with Gasteiger partial charge in [0, 0.05) is 6.04 Å². The van der Waals surface area contributed by atoms with Gasteiger partial charge < -0.3 is 15.9 Å². The second-order valence-electron chi connectivity index (χ2n) is 5.74. The molecule has 4 N–H and O–H groups in total. The minimum atomic E-state index is -0.805. The van der Waals surface area contributed by atoms with Crippen LogP contribution >= 0.6 is 0 Å². The fourth-order valence-corrected chi connectivity index (χ4v) is 3.20. The minimum Gasteiger partial charge on any atom is -0.481 e. The van der Waals surface area contributed by atoms with Crippen LogP contribution in [0, 0.1) is 11.8 Å². The van der Waals surface area contributed by atoms with Gasteiger partial charge in [0.25, 0.3) is 0 Å². The van der Waals surface area contributed by atoms with Crippen molar-refractivity contribution >= 4 is 5.97 Å². The molecule has 1 aromatic carbocycles. The number of aliphatic hydroxyl groups excluding tert-OH is 1. The van der Waals surface area contributed by atoms with Crippen molar-refractivity contribution in [2.24, 2.45) is 17.6 Å². The van der Waals surface area contributed by atoms with Gasteiger partial charge in [-0.15, -0.1) is 0 Å². The first-order valence-electron chi connectivity index (χ1n) is 7.30. The highest BCUT2D eigenvalue weighted by Gasteiger charge is 2.37. The largest absolute Gasteiger partial charge is 0.481 e. The Labute approximate surface area is 119 Å². The third kappa shape index (κ3) is 3.58. The highest BCUT2D eigenvalue weighted by Crippen LogP contribution is 2.33. The summed E-state index contributed by atoms with van der Waals surface area (Å²) in [6, 6.07) is 9.35. The van der Waals surface area contributed by atoms with Gasteiger partial charge in [-0.2, -0.15) is 0 Å². The number of hydrogen-bond donors (Lipinski definition) is 3. The van der Waals surface area contributed by atoms with Crippen molar-refractivity contribution in [2.45, 2.75) is 44.2 Å². The summed E-state index contributed by atoms with van der Waals surface area (Å²) in [5.41, 5.74) is 7.17. The van der Waals surface area contributed by atoms with Gasteiger partial charge >= 0.3 is 5.97 Å². The summed E-state index contributed by atoms with van der Waals surface area (Å²) < 4.78 is 0. The molecule has 20 heavy (non-hydrogen) atoms. The van der Waals surface area contributed by atoms with Crippen molar-refractivity contribution in [1.29, 1.82) is 0 Å². The number of carboxylic acids is 1. The zero-order chi connectivity index (χ0) is 14.5. The Balaban J connectivity index is 2.01. The average molecular weight is 277 g/mol. The summed E-state index contributed by atoms with van der Waals surface area (Å²) in [6.45, 7) is 0. The molecule has 0 aliphatic heterocycles. The Morgan fingerprint density at radius 2 is 1.90 bits per heavy atom. The first kappa shape index (κ1) is 15.0. The number of benzene rings is 1. The van der Waals surface area contributed by atoms with Gasteiger partial charge in [0.1, 0.15) is 0 Å². The zero-order valence-electron chi connectivity index (χ0n) is 11.6. The Hall–Kier alpha value is -1.39. The molecule has 0 radical (unpaired) electrons. The maximum Gasteiger partial charge on any atom is 0.306 e. The van der Waals surface area contributed by atoms with E-state index in [1.807, 2.05) is 30.3 Å². The Morgan fingerprint density at radius 3 is 2.55 bits per heavy atom. The van der Waals surface area contributed by atoms with Crippen LogP contribution in [0.2, 0.25) is 0 Å².